The van der Waals surface area contributed by atoms with Crippen LogP contribution in [0, 0.1) is 6.92 Å². The van der Waals surface area contributed by atoms with Crippen LogP contribution in [-0.4, -0.2) is 39.0 Å². The third kappa shape index (κ3) is 6.07. The lowest BCUT2D eigenvalue weighted by Crippen LogP contribution is -2.12. The summed E-state index contributed by atoms with van der Waals surface area (Å²) in [6.45, 7) is 7.06. The predicted molar refractivity (Wildman–Crippen MR) is 116 cm³/mol. The van der Waals surface area contributed by atoms with Crippen LogP contribution in [0.25, 0.3) is 0 Å². The van der Waals surface area contributed by atoms with Gasteiger partial charge in [0.25, 0.3) is 0 Å². The van der Waals surface area contributed by atoms with E-state index in [1.807, 2.05) is 49.4 Å². The van der Waals surface area contributed by atoms with Crippen molar-refractivity contribution in [3.63, 3.8) is 0 Å². The average molecular weight is 413 g/mol. The number of hydrogen-bond acceptors (Lipinski definition) is 5. The molecule has 5 heteroatoms. The topological polar surface area (TPSA) is 54.0 Å². The number of ether oxygens (including phenoxy) is 4. The number of carbonyl (C=O) groups excluding carboxylic acids is 1. The van der Waals surface area contributed by atoms with Crippen LogP contribution in [0.4, 0.5) is 0 Å². The van der Waals surface area contributed by atoms with E-state index in [4.69, 9.17) is 18.9 Å². The minimum atomic E-state index is -0.408. The van der Waals surface area contributed by atoms with Gasteiger partial charge in [0.15, 0.2) is 0 Å². The highest BCUT2D eigenvalue weighted by molar-refractivity contribution is 5.90. The van der Waals surface area contributed by atoms with Gasteiger partial charge in [-0.05, 0) is 36.6 Å². The summed E-state index contributed by atoms with van der Waals surface area (Å²) < 4.78 is 22.6. The van der Waals surface area contributed by atoms with Crippen molar-refractivity contribution in [3.8, 4) is 11.5 Å². The Hall–Kier alpha value is -2.37. The second-order valence-corrected chi connectivity index (χ2v) is 7.56. The fourth-order valence-electron chi connectivity index (χ4n) is 3.62. The van der Waals surface area contributed by atoms with Crippen molar-refractivity contribution in [1.82, 2.24) is 0 Å². The minimum absolute atomic E-state index is 0.241. The summed E-state index contributed by atoms with van der Waals surface area (Å²) in [5.74, 6) is 0.721. The fraction of sp³-hybridized carbons (Fsp3) is 0.480. The number of fused-ring (bicyclic) bond motifs is 1. The van der Waals surface area contributed by atoms with Crippen LogP contribution >= 0.6 is 0 Å². The lowest BCUT2D eigenvalue weighted by atomic mass is 9.91. The van der Waals surface area contributed by atoms with E-state index in [-0.39, 0.29) is 5.97 Å². The highest BCUT2D eigenvalue weighted by atomic mass is 16.5. The summed E-state index contributed by atoms with van der Waals surface area (Å²) in [6.07, 6.45) is 4.85. The van der Waals surface area contributed by atoms with Gasteiger partial charge in [-0.25, -0.2) is 0 Å². The van der Waals surface area contributed by atoms with Gasteiger partial charge in [0.05, 0.1) is 19.8 Å². The van der Waals surface area contributed by atoms with Crippen molar-refractivity contribution in [2.45, 2.75) is 45.4 Å². The van der Waals surface area contributed by atoms with E-state index >= 15 is 0 Å². The quantitative estimate of drug-likeness (QED) is 0.262. The molecule has 0 saturated carbocycles. The molecule has 162 valence electrons. The molecule has 3 rings (SSSR count). The molecule has 0 N–H and O–H groups in total. The van der Waals surface area contributed by atoms with Crippen LogP contribution in [0.3, 0.4) is 0 Å². The molecule has 0 bridgehead atoms. The Labute approximate surface area is 179 Å². The Morgan fingerprint density at radius 3 is 2.40 bits per heavy atom. The molecule has 1 atom stereocenters. The molecule has 0 amide bonds. The van der Waals surface area contributed by atoms with E-state index in [1.165, 1.54) is 19.3 Å². The number of aryl methyl sites for hydroxylation is 1. The molecule has 30 heavy (non-hydrogen) atoms. The molecule has 1 aliphatic heterocycles. The maximum absolute atomic E-state index is 12.5. The molecule has 1 aliphatic rings. The van der Waals surface area contributed by atoms with Gasteiger partial charge in [0.2, 0.25) is 0 Å². The maximum atomic E-state index is 12.5. The van der Waals surface area contributed by atoms with E-state index < -0.39 is 5.92 Å². The van der Waals surface area contributed by atoms with Gasteiger partial charge < -0.3 is 18.9 Å². The van der Waals surface area contributed by atoms with Crippen LogP contribution in [0.5, 0.6) is 11.5 Å². The van der Waals surface area contributed by atoms with Crippen LogP contribution in [0.1, 0.15) is 55.2 Å². The zero-order valence-electron chi connectivity index (χ0n) is 18.0. The molecular formula is C25H32O5. The van der Waals surface area contributed by atoms with Crippen LogP contribution < -0.4 is 9.47 Å². The lowest BCUT2D eigenvalue weighted by molar-refractivity contribution is -0.133. The molecular weight excluding hydrogens is 380 g/mol. The first-order valence-electron chi connectivity index (χ1n) is 10.9. The summed E-state index contributed by atoms with van der Waals surface area (Å²) in [4.78, 5) is 12.5. The Morgan fingerprint density at radius 2 is 1.63 bits per heavy atom. The number of unbranched alkanes of at least 4 members (excludes halogenated alkanes) is 3. The molecule has 2 aromatic carbocycles. The third-order valence-corrected chi connectivity index (χ3v) is 5.17. The van der Waals surface area contributed by atoms with Crippen molar-refractivity contribution in [2.75, 3.05) is 33.0 Å². The molecule has 0 spiro atoms. The summed E-state index contributed by atoms with van der Waals surface area (Å²) in [5, 5.41) is 0. The monoisotopic (exact) mass is 412 g/mol. The molecule has 2 aromatic rings. The van der Waals surface area contributed by atoms with Crippen molar-refractivity contribution in [1.29, 1.82) is 0 Å². The number of rotatable bonds is 13. The van der Waals surface area contributed by atoms with Crippen LogP contribution in [0.2, 0.25) is 0 Å². The summed E-state index contributed by atoms with van der Waals surface area (Å²) in [7, 11) is 0. The van der Waals surface area contributed by atoms with Gasteiger partial charge in [-0.3, -0.25) is 4.79 Å². The first-order chi connectivity index (χ1) is 14.7. The van der Waals surface area contributed by atoms with Crippen molar-refractivity contribution in [3.05, 3.63) is 59.2 Å². The largest absolute Gasteiger partial charge is 0.491 e. The van der Waals surface area contributed by atoms with Gasteiger partial charge in [0, 0.05) is 12.2 Å². The first-order valence-corrected chi connectivity index (χ1v) is 10.9. The molecule has 1 unspecified atom stereocenters. The van der Waals surface area contributed by atoms with E-state index in [0.29, 0.717) is 32.2 Å². The number of hydrogen-bond donors (Lipinski definition) is 0. The van der Waals surface area contributed by atoms with E-state index in [1.54, 1.807) is 0 Å². The Morgan fingerprint density at radius 1 is 0.900 bits per heavy atom. The zero-order chi connectivity index (χ0) is 21.2. The Kier molecular flexibility index (Phi) is 8.72. The normalized spacial score (nSPS) is 15.1. The van der Waals surface area contributed by atoms with E-state index in [2.05, 4.69) is 6.92 Å². The summed E-state index contributed by atoms with van der Waals surface area (Å²) >= 11 is 0. The average Bonchev–Trinajstić information content (AvgIpc) is 3.09. The second-order valence-electron chi connectivity index (χ2n) is 7.56. The molecule has 0 radical (unpaired) electrons. The van der Waals surface area contributed by atoms with Gasteiger partial charge in [-0.1, -0.05) is 56.5 Å². The molecule has 1 heterocycles. The molecule has 0 aromatic heterocycles. The Bertz CT molecular complexity index is 803. The van der Waals surface area contributed by atoms with Gasteiger partial charge in [-0.15, -0.1) is 0 Å². The second kappa shape index (κ2) is 11.7. The highest BCUT2D eigenvalue weighted by Gasteiger charge is 2.36. The first kappa shape index (κ1) is 22.3. The minimum Gasteiger partial charge on any atom is -0.491 e. The molecule has 0 fully saturated rings. The predicted octanol–water partition coefficient (Wildman–Crippen LogP) is 5.04. The zero-order valence-corrected chi connectivity index (χ0v) is 18.0. The third-order valence-electron chi connectivity index (χ3n) is 5.17. The smallest absolute Gasteiger partial charge is 0.323 e. The standard InChI is InChI=1S/C25H32O5/c1-3-4-5-9-12-27-13-14-28-15-16-29-21-17-19(2)24-22(18-21)23(25(26)30-24)20-10-7-6-8-11-20/h6-8,10-11,17-18,23H,3-5,9,12-16H2,1-2H3. The van der Waals surface area contributed by atoms with Gasteiger partial charge in [0.1, 0.15) is 24.0 Å². The summed E-state index contributed by atoms with van der Waals surface area (Å²) in [6, 6.07) is 13.5. The maximum Gasteiger partial charge on any atom is 0.323 e. The summed E-state index contributed by atoms with van der Waals surface area (Å²) in [5.41, 5.74) is 2.68. The van der Waals surface area contributed by atoms with Crippen molar-refractivity contribution in [2.24, 2.45) is 0 Å². The van der Waals surface area contributed by atoms with Crippen LogP contribution in [-0.2, 0) is 14.3 Å². The molecule has 0 aliphatic carbocycles. The van der Waals surface area contributed by atoms with Crippen molar-refractivity contribution >= 4 is 5.97 Å². The number of esters is 1. The van der Waals surface area contributed by atoms with Crippen LogP contribution in [0.15, 0.2) is 42.5 Å². The van der Waals surface area contributed by atoms with E-state index in [9.17, 15) is 4.79 Å². The molecule has 5 nitrogen and oxygen atoms in total. The van der Waals surface area contributed by atoms with Gasteiger partial charge >= 0.3 is 5.97 Å². The Balaban J connectivity index is 1.44. The SMILES string of the molecule is CCCCCCOCCOCCOc1cc(C)c2c(c1)C(c1ccccc1)C(=O)O2. The highest BCUT2D eigenvalue weighted by Crippen LogP contribution is 2.43. The fourth-order valence-corrected chi connectivity index (χ4v) is 3.62. The number of carbonyl (C=O) groups is 1. The van der Waals surface area contributed by atoms with Crippen molar-refractivity contribution < 1.29 is 23.7 Å². The van der Waals surface area contributed by atoms with Gasteiger partial charge in [-0.2, -0.15) is 0 Å². The number of benzene rings is 2. The van der Waals surface area contributed by atoms with E-state index in [0.717, 1.165) is 35.5 Å². The lowest BCUT2D eigenvalue weighted by Gasteiger charge is -2.12. The molecule has 0 saturated heterocycles.